The molecule has 0 saturated carbocycles. The van der Waals surface area contributed by atoms with Gasteiger partial charge in [-0.3, -0.25) is 9.59 Å². The van der Waals surface area contributed by atoms with E-state index in [-0.39, 0.29) is 18.5 Å². The molecule has 0 aliphatic carbocycles. The lowest BCUT2D eigenvalue weighted by Gasteiger charge is -2.20. The average Bonchev–Trinajstić information content (AvgIpc) is 3.45. The summed E-state index contributed by atoms with van der Waals surface area (Å²) in [5, 5.41) is 23.2. The van der Waals surface area contributed by atoms with Gasteiger partial charge in [-0.15, -0.1) is 0 Å². The van der Waals surface area contributed by atoms with Gasteiger partial charge in [-0.1, -0.05) is 352 Å². The molecular formula is C73H139NO5. The van der Waals surface area contributed by atoms with E-state index in [4.69, 9.17) is 4.74 Å². The van der Waals surface area contributed by atoms with Crippen LogP contribution in [0.4, 0.5) is 0 Å². The molecule has 0 radical (unpaired) electrons. The van der Waals surface area contributed by atoms with E-state index in [9.17, 15) is 19.8 Å². The van der Waals surface area contributed by atoms with E-state index in [2.05, 4.69) is 43.5 Å². The number of aliphatic hydroxyl groups excluding tert-OH is 2. The molecule has 1 amide bonds. The van der Waals surface area contributed by atoms with Crippen molar-refractivity contribution in [3.8, 4) is 0 Å². The van der Waals surface area contributed by atoms with Crippen molar-refractivity contribution in [1.82, 2.24) is 5.32 Å². The molecule has 0 aromatic heterocycles. The minimum Gasteiger partial charge on any atom is -0.466 e. The zero-order valence-corrected chi connectivity index (χ0v) is 53.4. The minimum absolute atomic E-state index is 0.00410. The monoisotopic (exact) mass is 1110 g/mol. The number of unbranched alkanes of at least 4 members (excludes halogenated alkanes) is 52. The van der Waals surface area contributed by atoms with Gasteiger partial charge in [0.2, 0.25) is 5.91 Å². The molecule has 2 atom stereocenters. The zero-order valence-electron chi connectivity index (χ0n) is 53.4. The molecular weight excluding hydrogens is 971 g/mol. The topological polar surface area (TPSA) is 95.9 Å². The van der Waals surface area contributed by atoms with E-state index < -0.39 is 12.1 Å². The lowest BCUT2D eigenvalue weighted by Crippen LogP contribution is -2.45. The van der Waals surface area contributed by atoms with E-state index in [1.165, 1.54) is 315 Å². The van der Waals surface area contributed by atoms with E-state index in [1.807, 2.05) is 6.08 Å². The van der Waals surface area contributed by atoms with Crippen LogP contribution in [0.25, 0.3) is 0 Å². The SMILES string of the molecule is CCCCC/C=C\C/C=C\CCCCCCCC(=O)OCCCCCCCCCCCCCCCCCCCCCCCCCCCCCC(=O)NC(CO)C(O)/C=C/CCCCCCCCCCCCCCCCCCCC. The highest BCUT2D eigenvalue weighted by Gasteiger charge is 2.18. The molecule has 0 rings (SSSR count). The lowest BCUT2D eigenvalue weighted by atomic mass is 10.0. The molecule has 79 heavy (non-hydrogen) atoms. The van der Waals surface area contributed by atoms with Crippen LogP contribution in [0.5, 0.6) is 0 Å². The normalized spacial score (nSPS) is 12.7. The van der Waals surface area contributed by atoms with Gasteiger partial charge in [0.25, 0.3) is 0 Å². The first-order valence-electron chi connectivity index (χ1n) is 35.8. The Morgan fingerprint density at radius 1 is 0.354 bits per heavy atom. The molecule has 6 nitrogen and oxygen atoms in total. The number of rotatable bonds is 67. The Labute approximate surface area is 494 Å². The highest BCUT2D eigenvalue weighted by molar-refractivity contribution is 5.76. The fourth-order valence-electron chi connectivity index (χ4n) is 11.2. The number of allylic oxidation sites excluding steroid dienone is 5. The Morgan fingerprint density at radius 3 is 0.987 bits per heavy atom. The third kappa shape index (κ3) is 65.1. The molecule has 0 saturated heterocycles. The highest BCUT2D eigenvalue weighted by atomic mass is 16.5. The molecule has 0 spiro atoms. The fourth-order valence-corrected chi connectivity index (χ4v) is 11.2. The standard InChI is InChI=1S/C73H139NO5/c1-3-5-7-9-11-13-15-17-19-20-21-31-34-38-41-45-49-53-57-61-65-71(76)70(69-75)74-72(77)66-62-58-54-50-46-42-39-35-32-29-27-25-23-22-24-26-28-30-33-36-40-44-48-52-56-60-64-68-79-73(78)67-63-59-55-51-47-43-37-18-16-14-12-10-8-6-4-2/h12,14,18,37,61,65,70-71,75-76H,3-11,13,15-17,19-36,38-60,62-64,66-69H2,1-2H3,(H,74,77)/b14-12-,37-18-,65-61+. The van der Waals surface area contributed by atoms with Crippen LogP contribution in [0.3, 0.4) is 0 Å². The number of hydrogen-bond donors (Lipinski definition) is 3. The van der Waals surface area contributed by atoms with Gasteiger partial charge in [0, 0.05) is 12.8 Å². The second kappa shape index (κ2) is 68.6. The van der Waals surface area contributed by atoms with Crippen LogP contribution in [0.15, 0.2) is 36.5 Å². The second-order valence-electron chi connectivity index (χ2n) is 24.6. The van der Waals surface area contributed by atoms with Gasteiger partial charge >= 0.3 is 5.97 Å². The molecule has 0 aliphatic heterocycles. The van der Waals surface area contributed by atoms with E-state index in [0.29, 0.717) is 19.4 Å². The third-order valence-electron chi connectivity index (χ3n) is 16.7. The first-order valence-corrected chi connectivity index (χ1v) is 35.8. The van der Waals surface area contributed by atoms with Crippen molar-refractivity contribution >= 4 is 11.9 Å². The van der Waals surface area contributed by atoms with Crippen LogP contribution < -0.4 is 5.32 Å². The van der Waals surface area contributed by atoms with Crippen LogP contribution in [-0.4, -0.2) is 47.4 Å². The average molecular weight is 1110 g/mol. The van der Waals surface area contributed by atoms with Gasteiger partial charge in [0.05, 0.1) is 25.4 Å². The Hall–Kier alpha value is -1.92. The van der Waals surface area contributed by atoms with Crippen LogP contribution in [0, 0.1) is 0 Å². The number of carbonyl (C=O) groups is 2. The molecule has 0 aromatic rings. The fraction of sp³-hybridized carbons (Fsp3) is 0.890. The molecule has 6 heteroatoms. The van der Waals surface area contributed by atoms with Crippen LogP contribution >= 0.6 is 0 Å². The maximum Gasteiger partial charge on any atom is 0.305 e. The number of esters is 1. The van der Waals surface area contributed by atoms with Gasteiger partial charge < -0.3 is 20.3 Å². The Morgan fingerprint density at radius 2 is 0.633 bits per heavy atom. The predicted octanol–water partition coefficient (Wildman–Crippen LogP) is 23.1. The summed E-state index contributed by atoms with van der Waals surface area (Å²) in [6.07, 6.45) is 88.0. The summed E-state index contributed by atoms with van der Waals surface area (Å²) in [6.45, 7) is 4.91. The van der Waals surface area contributed by atoms with E-state index in [0.717, 1.165) is 51.4 Å². The Kier molecular flexibility index (Phi) is 66.9. The number of nitrogens with one attached hydrogen (secondary N) is 1. The van der Waals surface area contributed by atoms with E-state index in [1.54, 1.807) is 6.08 Å². The number of hydrogen-bond acceptors (Lipinski definition) is 5. The molecule has 0 heterocycles. The maximum absolute atomic E-state index is 12.5. The molecule has 0 bridgehead atoms. The van der Waals surface area contributed by atoms with Crippen molar-refractivity contribution in [3.63, 3.8) is 0 Å². The highest BCUT2D eigenvalue weighted by Crippen LogP contribution is 2.19. The minimum atomic E-state index is -0.844. The first kappa shape index (κ1) is 77.1. The summed E-state index contributed by atoms with van der Waals surface area (Å²) in [5.41, 5.74) is 0. The van der Waals surface area contributed by atoms with Crippen LogP contribution in [-0.2, 0) is 14.3 Å². The molecule has 466 valence electrons. The quantitative estimate of drug-likeness (QED) is 0.0320. The van der Waals surface area contributed by atoms with Gasteiger partial charge in [-0.05, 0) is 64.2 Å². The third-order valence-corrected chi connectivity index (χ3v) is 16.7. The predicted molar refractivity (Wildman–Crippen MR) is 347 cm³/mol. The van der Waals surface area contributed by atoms with Gasteiger partial charge in [0.15, 0.2) is 0 Å². The van der Waals surface area contributed by atoms with Crippen molar-refractivity contribution in [1.29, 1.82) is 0 Å². The van der Waals surface area contributed by atoms with Crippen molar-refractivity contribution < 1.29 is 24.5 Å². The summed E-state index contributed by atoms with van der Waals surface area (Å²) >= 11 is 0. The number of aliphatic hydroxyl groups is 2. The van der Waals surface area contributed by atoms with Crippen molar-refractivity contribution in [2.24, 2.45) is 0 Å². The largest absolute Gasteiger partial charge is 0.466 e. The van der Waals surface area contributed by atoms with Crippen LogP contribution in [0.1, 0.15) is 393 Å². The molecule has 2 unspecified atom stereocenters. The molecule has 0 aliphatic rings. The molecule has 0 aromatic carbocycles. The zero-order chi connectivity index (χ0) is 57.1. The Bertz CT molecular complexity index is 1280. The number of carbonyl (C=O) groups excluding carboxylic acids is 2. The van der Waals surface area contributed by atoms with Crippen molar-refractivity contribution in [2.75, 3.05) is 13.2 Å². The van der Waals surface area contributed by atoms with Gasteiger partial charge in [-0.2, -0.15) is 0 Å². The van der Waals surface area contributed by atoms with Crippen molar-refractivity contribution in [3.05, 3.63) is 36.5 Å². The summed E-state index contributed by atoms with van der Waals surface area (Å²) < 4.78 is 5.49. The summed E-state index contributed by atoms with van der Waals surface area (Å²) in [7, 11) is 0. The number of amides is 1. The lowest BCUT2D eigenvalue weighted by molar-refractivity contribution is -0.143. The second-order valence-corrected chi connectivity index (χ2v) is 24.6. The van der Waals surface area contributed by atoms with Crippen molar-refractivity contribution in [2.45, 2.75) is 405 Å². The smallest absolute Gasteiger partial charge is 0.305 e. The molecule has 0 fully saturated rings. The Balaban J connectivity index is 3.38. The summed E-state index contributed by atoms with van der Waals surface area (Å²) in [4.78, 5) is 24.6. The summed E-state index contributed by atoms with van der Waals surface area (Å²) in [6, 6.07) is -0.627. The van der Waals surface area contributed by atoms with E-state index >= 15 is 0 Å². The maximum atomic E-state index is 12.5. The van der Waals surface area contributed by atoms with Crippen LogP contribution in [0.2, 0.25) is 0 Å². The summed E-state index contributed by atoms with van der Waals surface area (Å²) in [5.74, 6) is -0.0577. The van der Waals surface area contributed by atoms with Gasteiger partial charge in [0.1, 0.15) is 0 Å². The molecule has 3 N–H and O–H groups in total. The first-order chi connectivity index (χ1) is 39.0. The number of ether oxygens (including phenoxy) is 1. The van der Waals surface area contributed by atoms with Gasteiger partial charge in [-0.25, -0.2) is 0 Å².